The molecule has 0 unspecified atom stereocenters. The largest absolute Gasteiger partial charge is 0.462 e. The van der Waals surface area contributed by atoms with Crippen LogP contribution in [0.25, 0.3) is 22.0 Å². The van der Waals surface area contributed by atoms with Crippen LogP contribution >= 0.6 is 0 Å². The van der Waals surface area contributed by atoms with Crippen molar-refractivity contribution >= 4 is 22.6 Å². The SMILES string of the molecule is C=CC(=O)N1CCN(c2nc(OC[C@@H]3CCCN3C)nc3c(F)c(-c4cccc5c4C[C@@H]4C[C@H]54)ccc23)C[C@@H]1CC#N. The average Bonchev–Trinajstić information content (AvgIpc) is 3.50. The third kappa shape index (κ3) is 4.58. The summed E-state index contributed by atoms with van der Waals surface area (Å²) in [5, 5.41) is 10.1. The van der Waals surface area contributed by atoms with Gasteiger partial charge in [-0.05, 0) is 79.9 Å². The Kier molecular flexibility index (Phi) is 6.82. The molecular weight excluding hydrogens is 531 g/mol. The number of carbonyl (C=O) groups is 1. The summed E-state index contributed by atoms with van der Waals surface area (Å²) in [7, 11) is 2.08. The molecule has 4 atom stereocenters. The van der Waals surface area contributed by atoms with Gasteiger partial charge in [0.05, 0.1) is 18.5 Å². The number of rotatable bonds is 7. The van der Waals surface area contributed by atoms with Crippen molar-refractivity contribution in [1.82, 2.24) is 19.8 Å². The molecular formula is C33H35FN6O2. The highest BCUT2D eigenvalue weighted by Gasteiger charge is 2.46. The normalized spacial score (nSPS) is 24.8. The summed E-state index contributed by atoms with van der Waals surface area (Å²) in [5.41, 5.74) is 4.35. The fraction of sp³-hybridized carbons (Fsp3) is 0.455. The maximum atomic E-state index is 16.6. The van der Waals surface area contributed by atoms with Crippen molar-refractivity contribution in [2.24, 2.45) is 5.92 Å². The molecule has 3 fully saturated rings. The van der Waals surface area contributed by atoms with Crippen LogP contribution in [0.2, 0.25) is 0 Å². The Morgan fingerprint density at radius 1 is 1.19 bits per heavy atom. The van der Waals surface area contributed by atoms with Gasteiger partial charge in [0, 0.05) is 36.6 Å². The van der Waals surface area contributed by atoms with Gasteiger partial charge < -0.3 is 19.4 Å². The number of likely N-dealkylation sites (tertiary alicyclic amines) is 1. The molecule has 1 amide bonds. The number of nitrogens with zero attached hydrogens (tertiary/aromatic N) is 6. The van der Waals surface area contributed by atoms with E-state index in [1.54, 1.807) is 4.90 Å². The zero-order valence-electron chi connectivity index (χ0n) is 23.9. The van der Waals surface area contributed by atoms with E-state index in [-0.39, 0.29) is 41.8 Å². The number of piperazine rings is 1. The van der Waals surface area contributed by atoms with Gasteiger partial charge in [-0.15, -0.1) is 0 Å². The smallest absolute Gasteiger partial charge is 0.319 e. The molecule has 0 N–H and O–H groups in total. The Balaban J connectivity index is 1.29. The number of aromatic nitrogens is 2. The van der Waals surface area contributed by atoms with Gasteiger partial charge in [-0.2, -0.15) is 15.2 Å². The van der Waals surface area contributed by atoms with E-state index < -0.39 is 0 Å². The molecule has 1 saturated carbocycles. The van der Waals surface area contributed by atoms with Gasteiger partial charge >= 0.3 is 6.01 Å². The van der Waals surface area contributed by atoms with E-state index in [2.05, 4.69) is 35.6 Å². The first-order valence-corrected chi connectivity index (χ1v) is 15.0. The number of ether oxygens (including phenoxy) is 1. The highest BCUT2D eigenvalue weighted by Crippen LogP contribution is 2.58. The summed E-state index contributed by atoms with van der Waals surface area (Å²) in [5.74, 6) is 1.31. The minimum Gasteiger partial charge on any atom is -0.462 e. The van der Waals surface area contributed by atoms with E-state index >= 15 is 4.39 Å². The first-order valence-electron chi connectivity index (χ1n) is 15.0. The molecule has 42 heavy (non-hydrogen) atoms. The van der Waals surface area contributed by atoms with Gasteiger partial charge in [-0.3, -0.25) is 4.79 Å². The van der Waals surface area contributed by atoms with Crippen LogP contribution in [0, 0.1) is 23.1 Å². The second-order valence-corrected chi connectivity index (χ2v) is 12.1. The van der Waals surface area contributed by atoms with E-state index in [1.807, 2.05) is 29.2 Å². The first-order chi connectivity index (χ1) is 20.5. The first kappa shape index (κ1) is 26.8. The van der Waals surface area contributed by atoms with E-state index in [4.69, 9.17) is 9.72 Å². The highest BCUT2D eigenvalue weighted by molar-refractivity contribution is 5.94. The van der Waals surface area contributed by atoms with E-state index in [9.17, 15) is 10.1 Å². The van der Waals surface area contributed by atoms with Crippen LogP contribution in [0.5, 0.6) is 6.01 Å². The fourth-order valence-corrected chi connectivity index (χ4v) is 7.28. The van der Waals surface area contributed by atoms with Crippen LogP contribution in [0.3, 0.4) is 0 Å². The lowest BCUT2D eigenvalue weighted by Crippen LogP contribution is -2.55. The van der Waals surface area contributed by atoms with Crippen molar-refractivity contribution in [3.63, 3.8) is 0 Å². The number of halogens is 1. The third-order valence-electron chi connectivity index (χ3n) is 9.70. The Labute approximate surface area is 245 Å². The molecule has 0 spiro atoms. The highest BCUT2D eigenvalue weighted by atomic mass is 19.1. The number of amides is 1. The van der Waals surface area contributed by atoms with Crippen molar-refractivity contribution in [2.75, 3.05) is 44.7 Å². The van der Waals surface area contributed by atoms with Crippen LogP contribution in [0.1, 0.15) is 42.7 Å². The Hall–Kier alpha value is -4.03. The van der Waals surface area contributed by atoms with Crippen molar-refractivity contribution in [2.45, 2.75) is 50.1 Å². The zero-order valence-corrected chi connectivity index (χ0v) is 23.9. The summed E-state index contributed by atoms with van der Waals surface area (Å²) in [6, 6.07) is 12.3. The van der Waals surface area contributed by atoms with Gasteiger partial charge in [-0.25, -0.2) is 4.39 Å². The van der Waals surface area contributed by atoms with Crippen LogP contribution < -0.4 is 9.64 Å². The van der Waals surface area contributed by atoms with Gasteiger partial charge in [0.15, 0.2) is 5.82 Å². The molecule has 0 radical (unpaired) electrons. The number of anilines is 1. The predicted octanol–water partition coefficient (Wildman–Crippen LogP) is 4.69. The molecule has 9 heteroatoms. The summed E-state index contributed by atoms with van der Waals surface area (Å²) >= 11 is 0. The van der Waals surface area contributed by atoms with Gasteiger partial charge in [0.25, 0.3) is 0 Å². The molecule has 2 aliphatic carbocycles. The third-order valence-corrected chi connectivity index (χ3v) is 9.70. The molecule has 7 rings (SSSR count). The topological polar surface area (TPSA) is 85.6 Å². The molecule has 1 aromatic heterocycles. The lowest BCUT2D eigenvalue weighted by Gasteiger charge is -2.41. The van der Waals surface area contributed by atoms with E-state index in [0.717, 1.165) is 31.4 Å². The fourth-order valence-electron chi connectivity index (χ4n) is 7.28. The van der Waals surface area contributed by atoms with Crippen LogP contribution in [0.15, 0.2) is 43.0 Å². The zero-order chi connectivity index (χ0) is 29.0. The minimum atomic E-state index is -0.373. The lowest BCUT2D eigenvalue weighted by molar-refractivity contribution is -0.128. The molecule has 2 aromatic carbocycles. The number of benzene rings is 2. The molecule has 3 aromatic rings. The van der Waals surface area contributed by atoms with Crippen LogP contribution in [-0.2, 0) is 11.2 Å². The second-order valence-electron chi connectivity index (χ2n) is 12.1. The maximum Gasteiger partial charge on any atom is 0.319 e. The van der Waals surface area contributed by atoms with Gasteiger partial charge in [0.2, 0.25) is 5.91 Å². The molecule has 2 aliphatic heterocycles. The number of hydrogen-bond donors (Lipinski definition) is 0. The minimum absolute atomic E-state index is 0.148. The standard InChI is InChI=1S/C33H35FN6O2/c1-3-29(41)40-15-14-39(18-21(40)11-12-35)32-26-10-9-25(23-7-4-8-24-27-16-20(27)17-28(23)24)30(34)31(26)36-33(37-32)42-19-22-6-5-13-38(22)2/h3-4,7-10,20-22,27H,1,5-6,11,13-19H2,2H3/t20-,21-,22-,27-/m0/s1. The monoisotopic (exact) mass is 566 g/mol. The molecule has 3 heterocycles. The predicted molar refractivity (Wildman–Crippen MR) is 159 cm³/mol. The lowest BCUT2D eigenvalue weighted by atomic mass is 9.93. The molecule has 216 valence electrons. The number of carbonyl (C=O) groups excluding carboxylic acids is 1. The average molecular weight is 567 g/mol. The van der Waals surface area contributed by atoms with Gasteiger partial charge in [-0.1, -0.05) is 30.8 Å². The van der Waals surface area contributed by atoms with Crippen molar-refractivity contribution < 1.29 is 13.9 Å². The number of nitriles is 1. The molecule has 8 nitrogen and oxygen atoms in total. The Morgan fingerprint density at radius 2 is 2.07 bits per heavy atom. The Bertz CT molecular complexity index is 1620. The number of likely N-dealkylation sites (N-methyl/N-ethyl adjacent to an activating group) is 1. The quantitative estimate of drug-likeness (QED) is 0.384. The molecule has 2 saturated heterocycles. The van der Waals surface area contributed by atoms with E-state index in [0.29, 0.717) is 54.8 Å². The Morgan fingerprint density at radius 3 is 2.86 bits per heavy atom. The maximum absolute atomic E-state index is 16.6. The molecule has 4 aliphatic rings. The van der Waals surface area contributed by atoms with Crippen LogP contribution in [-0.4, -0.2) is 77.6 Å². The van der Waals surface area contributed by atoms with Crippen molar-refractivity contribution in [3.8, 4) is 23.2 Å². The summed E-state index contributed by atoms with van der Waals surface area (Å²) in [4.78, 5) is 27.9. The summed E-state index contributed by atoms with van der Waals surface area (Å²) in [6.45, 7) is 6.35. The van der Waals surface area contributed by atoms with Crippen molar-refractivity contribution in [1.29, 1.82) is 5.26 Å². The van der Waals surface area contributed by atoms with Crippen LogP contribution in [0.4, 0.5) is 10.2 Å². The number of fused-ring (bicyclic) bond motifs is 4. The number of hydrogen-bond acceptors (Lipinski definition) is 7. The molecule has 0 bridgehead atoms. The summed E-state index contributed by atoms with van der Waals surface area (Å²) < 4.78 is 22.8. The van der Waals surface area contributed by atoms with Gasteiger partial charge in [0.1, 0.15) is 17.9 Å². The van der Waals surface area contributed by atoms with E-state index in [1.165, 1.54) is 23.6 Å². The van der Waals surface area contributed by atoms with Crippen molar-refractivity contribution in [3.05, 3.63) is 59.9 Å². The second kappa shape index (κ2) is 10.7. The summed E-state index contributed by atoms with van der Waals surface area (Å²) in [6.07, 6.45) is 5.85.